The Bertz CT molecular complexity index is 919. The lowest BCUT2D eigenvalue weighted by molar-refractivity contribution is -0.126. The molecule has 2 aromatic rings. The second-order valence-corrected chi connectivity index (χ2v) is 8.58. The first kappa shape index (κ1) is 20.8. The lowest BCUT2D eigenvalue weighted by atomic mass is 9.95. The number of hydrogen-bond acceptors (Lipinski definition) is 5. The molecule has 4 rings (SSSR count). The molecule has 1 atom stereocenters. The van der Waals surface area contributed by atoms with Crippen LogP contribution in [-0.4, -0.2) is 50.8 Å². The van der Waals surface area contributed by atoms with Gasteiger partial charge in [0, 0.05) is 30.1 Å². The summed E-state index contributed by atoms with van der Waals surface area (Å²) in [6, 6.07) is 7.65. The van der Waals surface area contributed by atoms with Crippen molar-refractivity contribution in [3.05, 3.63) is 46.2 Å². The highest BCUT2D eigenvalue weighted by Crippen LogP contribution is 2.28. The number of amides is 2. The lowest BCUT2D eigenvalue weighted by Gasteiger charge is -2.31. The van der Waals surface area contributed by atoms with E-state index in [1.807, 2.05) is 38.1 Å². The quantitative estimate of drug-likeness (QED) is 0.803. The molecule has 2 aliphatic rings. The van der Waals surface area contributed by atoms with Crippen molar-refractivity contribution < 1.29 is 14.3 Å². The van der Waals surface area contributed by atoms with Crippen molar-refractivity contribution in [3.63, 3.8) is 0 Å². The molecule has 8 nitrogen and oxygen atoms in total. The molecule has 1 N–H and O–H groups in total. The van der Waals surface area contributed by atoms with Crippen molar-refractivity contribution in [2.45, 2.75) is 52.0 Å². The second-order valence-electron chi connectivity index (χ2n) is 8.15. The van der Waals surface area contributed by atoms with Gasteiger partial charge in [0.2, 0.25) is 5.91 Å². The van der Waals surface area contributed by atoms with Crippen LogP contribution >= 0.6 is 11.6 Å². The van der Waals surface area contributed by atoms with Crippen molar-refractivity contribution in [2.24, 2.45) is 5.92 Å². The summed E-state index contributed by atoms with van der Waals surface area (Å²) in [5.41, 5.74) is 2.05. The molecule has 0 spiro atoms. The van der Waals surface area contributed by atoms with E-state index in [1.54, 1.807) is 9.58 Å². The average molecular weight is 432 g/mol. The Kier molecular flexibility index (Phi) is 6.06. The maximum absolute atomic E-state index is 13.0. The van der Waals surface area contributed by atoms with Crippen LogP contribution in [0, 0.1) is 5.92 Å². The van der Waals surface area contributed by atoms with Gasteiger partial charge in [-0.15, -0.1) is 5.10 Å². The van der Waals surface area contributed by atoms with E-state index in [0.29, 0.717) is 48.9 Å². The minimum Gasteiger partial charge on any atom is -0.365 e. The molecule has 1 aromatic heterocycles. The fourth-order valence-electron chi connectivity index (χ4n) is 3.95. The number of likely N-dealkylation sites (tertiary alicyclic amines) is 1. The van der Waals surface area contributed by atoms with Gasteiger partial charge in [-0.1, -0.05) is 28.9 Å². The Morgan fingerprint density at radius 3 is 2.57 bits per heavy atom. The number of halogens is 1. The molecule has 2 aliphatic heterocycles. The number of piperidine rings is 1. The predicted molar refractivity (Wildman–Crippen MR) is 111 cm³/mol. The topological polar surface area (TPSA) is 89.4 Å². The maximum atomic E-state index is 13.0. The molecule has 9 heteroatoms. The minimum absolute atomic E-state index is 0.0473. The van der Waals surface area contributed by atoms with Gasteiger partial charge in [-0.05, 0) is 44.4 Å². The van der Waals surface area contributed by atoms with Crippen molar-refractivity contribution >= 4 is 23.4 Å². The number of aromatic nitrogens is 3. The van der Waals surface area contributed by atoms with Crippen LogP contribution in [0.15, 0.2) is 24.3 Å². The van der Waals surface area contributed by atoms with E-state index in [2.05, 4.69) is 15.6 Å². The van der Waals surface area contributed by atoms with Crippen LogP contribution in [0.1, 0.15) is 54.5 Å². The molecule has 1 saturated heterocycles. The summed E-state index contributed by atoms with van der Waals surface area (Å²) in [5.74, 6) is -0.124. The third-order valence-corrected chi connectivity index (χ3v) is 5.88. The van der Waals surface area contributed by atoms with E-state index < -0.39 is 0 Å². The highest BCUT2D eigenvalue weighted by atomic mass is 35.5. The van der Waals surface area contributed by atoms with Crippen molar-refractivity contribution in [1.29, 1.82) is 0 Å². The number of hydrogen-bond donors (Lipinski definition) is 1. The van der Waals surface area contributed by atoms with E-state index in [9.17, 15) is 9.59 Å². The summed E-state index contributed by atoms with van der Waals surface area (Å²) in [4.78, 5) is 27.0. The van der Waals surface area contributed by atoms with Gasteiger partial charge in [0.15, 0.2) is 5.69 Å². The molecular weight excluding hydrogens is 406 g/mol. The number of carbonyl (C=O) groups excluding carboxylic acids is 2. The first-order valence-electron chi connectivity index (χ1n) is 10.3. The van der Waals surface area contributed by atoms with Crippen LogP contribution < -0.4 is 5.32 Å². The summed E-state index contributed by atoms with van der Waals surface area (Å²) in [7, 11) is 0. The van der Waals surface area contributed by atoms with E-state index in [1.165, 1.54) is 0 Å². The average Bonchev–Trinajstić information content (AvgIpc) is 3.16. The molecular formula is C21H26ClN5O3. The number of ether oxygens (including phenoxy) is 1. The lowest BCUT2D eigenvalue weighted by Crippen LogP contribution is -2.44. The van der Waals surface area contributed by atoms with Gasteiger partial charge in [0.25, 0.3) is 5.91 Å². The van der Waals surface area contributed by atoms with E-state index in [4.69, 9.17) is 16.3 Å². The van der Waals surface area contributed by atoms with Gasteiger partial charge in [-0.3, -0.25) is 9.59 Å². The normalized spacial score (nSPS) is 19.6. The molecule has 30 heavy (non-hydrogen) atoms. The second kappa shape index (κ2) is 8.73. The highest BCUT2D eigenvalue weighted by Gasteiger charge is 2.33. The summed E-state index contributed by atoms with van der Waals surface area (Å²) < 4.78 is 7.73. The van der Waals surface area contributed by atoms with Crippen LogP contribution in [-0.2, 0) is 22.7 Å². The molecule has 3 heterocycles. The predicted octanol–water partition coefficient (Wildman–Crippen LogP) is 2.58. The van der Waals surface area contributed by atoms with Crippen LogP contribution in [0.3, 0.4) is 0 Å². The summed E-state index contributed by atoms with van der Waals surface area (Å²) >= 11 is 5.96. The van der Waals surface area contributed by atoms with E-state index >= 15 is 0 Å². The van der Waals surface area contributed by atoms with Gasteiger partial charge in [-0.25, -0.2) is 4.68 Å². The molecule has 2 amide bonds. The number of carbonyl (C=O) groups is 2. The fraction of sp³-hybridized carbons (Fsp3) is 0.524. The number of nitrogens with one attached hydrogen (secondary N) is 1. The number of benzene rings is 1. The smallest absolute Gasteiger partial charge is 0.276 e. The molecule has 0 bridgehead atoms. The SMILES string of the molecule is CC(C)NC(=O)C1CCN(C(=O)c2nnn3c2COC(c2ccc(Cl)cc2)C3)CC1. The number of fused-ring (bicyclic) bond motifs is 1. The van der Waals surface area contributed by atoms with Crippen LogP contribution in [0.4, 0.5) is 0 Å². The molecule has 1 unspecified atom stereocenters. The van der Waals surface area contributed by atoms with E-state index in [0.717, 1.165) is 5.56 Å². The van der Waals surface area contributed by atoms with Gasteiger partial charge < -0.3 is 15.0 Å². The Labute approximate surface area is 180 Å². The van der Waals surface area contributed by atoms with Crippen LogP contribution in [0.5, 0.6) is 0 Å². The maximum Gasteiger partial charge on any atom is 0.276 e. The number of rotatable bonds is 4. The summed E-state index contributed by atoms with van der Waals surface area (Å²) in [5, 5.41) is 12.0. The third-order valence-electron chi connectivity index (χ3n) is 5.63. The Morgan fingerprint density at radius 2 is 1.90 bits per heavy atom. The van der Waals surface area contributed by atoms with Crippen molar-refractivity contribution in [2.75, 3.05) is 13.1 Å². The van der Waals surface area contributed by atoms with Crippen molar-refractivity contribution in [1.82, 2.24) is 25.2 Å². The summed E-state index contributed by atoms with van der Waals surface area (Å²) in [6.45, 7) is 5.74. The Morgan fingerprint density at radius 1 is 1.20 bits per heavy atom. The monoisotopic (exact) mass is 431 g/mol. The molecule has 0 aliphatic carbocycles. The number of nitrogens with zero attached hydrogens (tertiary/aromatic N) is 4. The van der Waals surface area contributed by atoms with Crippen LogP contribution in [0.25, 0.3) is 0 Å². The molecule has 1 fully saturated rings. The van der Waals surface area contributed by atoms with Crippen molar-refractivity contribution in [3.8, 4) is 0 Å². The molecule has 0 saturated carbocycles. The largest absolute Gasteiger partial charge is 0.365 e. The highest BCUT2D eigenvalue weighted by molar-refractivity contribution is 6.30. The molecule has 0 radical (unpaired) electrons. The Balaban J connectivity index is 1.39. The van der Waals surface area contributed by atoms with E-state index in [-0.39, 0.29) is 36.5 Å². The zero-order valence-electron chi connectivity index (χ0n) is 17.2. The zero-order chi connectivity index (χ0) is 21.3. The third kappa shape index (κ3) is 4.34. The molecule has 1 aromatic carbocycles. The molecule has 160 valence electrons. The summed E-state index contributed by atoms with van der Waals surface area (Å²) in [6.07, 6.45) is 1.15. The first-order chi connectivity index (χ1) is 14.4. The Hall–Kier alpha value is -2.45. The van der Waals surface area contributed by atoms with Crippen LogP contribution in [0.2, 0.25) is 5.02 Å². The van der Waals surface area contributed by atoms with Gasteiger partial charge in [0.1, 0.15) is 6.10 Å². The standard InChI is InChI=1S/C21H26ClN5O3/c1-13(2)23-20(28)15-7-9-26(10-8-15)21(29)19-17-12-30-18(11-27(17)25-24-19)14-3-5-16(22)6-4-14/h3-6,13,15,18H,7-12H2,1-2H3,(H,23,28). The fourth-order valence-corrected chi connectivity index (χ4v) is 4.08. The van der Waals surface area contributed by atoms with Gasteiger partial charge in [-0.2, -0.15) is 0 Å². The van der Waals surface area contributed by atoms with Gasteiger partial charge >= 0.3 is 0 Å². The zero-order valence-corrected chi connectivity index (χ0v) is 17.9. The first-order valence-corrected chi connectivity index (χ1v) is 10.7. The van der Waals surface area contributed by atoms with Gasteiger partial charge in [0.05, 0.1) is 18.8 Å². The minimum atomic E-state index is -0.158.